The van der Waals surface area contributed by atoms with Crippen molar-refractivity contribution in [2.75, 3.05) is 16.4 Å². The Kier molecular flexibility index (Phi) is 6.09. The third-order valence-electron chi connectivity index (χ3n) is 5.30. The molecule has 0 saturated heterocycles. The Morgan fingerprint density at radius 2 is 1.94 bits per heavy atom. The van der Waals surface area contributed by atoms with E-state index in [4.69, 9.17) is 5.73 Å². The molecule has 1 fully saturated rings. The van der Waals surface area contributed by atoms with Crippen molar-refractivity contribution in [2.45, 2.75) is 25.8 Å². The van der Waals surface area contributed by atoms with Crippen LogP contribution >= 0.6 is 22.6 Å². The second-order valence-corrected chi connectivity index (χ2v) is 9.08. The van der Waals surface area contributed by atoms with Gasteiger partial charge in [0.15, 0.2) is 0 Å². The molecule has 1 aliphatic rings. The van der Waals surface area contributed by atoms with Crippen LogP contribution in [0.3, 0.4) is 0 Å². The number of nitrogens with one attached hydrogen (secondary N) is 3. The van der Waals surface area contributed by atoms with Crippen molar-refractivity contribution in [3.05, 3.63) is 73.3 Å². The lowest BCUT2D eigenvalue weighted by molar-refractivity contribution is 0.0952. The highest BCUT2D eigenvalue weighted by Crippen LogP contribution is 2.33. The molecule has 3 aromatic rings. The van der Waals surface area contributed by atoms with E-state index in [0.717, 1.165) is 16.4 Å². The maximum atomic E-state index is 14.6. The van der Waals surface area contributed by atoms with Crippen molar-refractivity contribution in [3.8, 4) is 0 Å². The van der Waals surface area contributed by atoms with E-state index in [2.05, 4.69) is 16.0 Å². The first-order chi connectivity index (χ1) is 15.2. The fourth-order valence-electron chi connectivity index (χ4n) is 3.42. The number of halogens is 2. The first-order valence-electron chi connectivity index (χ1n) is 10.1. The van der Waals surface area contributed by atoms with Crippen LogP contribution in [-0.2, 0) is 7.05 Å². The molecule has 1 aliphatic carbocycles. The Balaban J connectivity index is 1.89. The summed E-state index contributed by atoms with van der Waals surface area (Å²) in [6, 6.07) is 11.8. The number of hydrogen-bond donors (Lipinski definition) is 4. The van der Waals surface area contributed by atoms with Gasteiger partial charge in [0.1, 0.15) is 17.2 Å². The first kappa shape index (κ1) is 22.1. The van der Waals surface area contributed by atoms with Crippen LogP contribution in [0.2, 0.25) is 0 Å². The lowest BCUT2D eigenvalue weighted by Gasteiger charge is -2.22. The summed E-state index contributed by atoms with van der Waals surface area (Å²) in [6.45, 7) is 1.65. The number of anilines is 5. The van der Waals surface area contributed by atoms with Crippen molar-refractivity contribution in [2.24, 2.45) is 7.05 Å². The van der Waals surface area contributed by atoms with Gasteiger partial charge in [0, 0.05) is 33.6 Å². The Labute approximate surface area is 198 Å². The monoisotopic (exact) mass is 547 g/mol. The molecule has 4 rings (SSSR count). The summed E-state index contributed by atoms with van der Waals surface area (Å²) in [5.41, 5.74) is 7.88. The summed E-state index contributed by atoms with van der Waals surface area (Å²) < 4.78 is 16.7. The van der Waals surface area contributed by atoms with Crippen molar-refractivity contribution < 1.29 is 9.18 Å². The molecule has 5 N–H and O–H groups in total. The molecule has 2 aromatic carbocycles. The quantitative estimate of drug-likeness (QED) is 0.271. The first-order valence-corrected chi connectivity index (χ1v) is 11.2. The number of nitrogen functional groups attached to an aromatic ring is 1. The highest BCUT2D eigenvalue weighted by Gasteiger charge is 2.29. The molecule has 1 saturated carbocycles. The molecule has 7 nitrogen and oxygen atoms in total. The molecule has 0 atom stereocenters. The van der Waals surface area contributed by atoms with Gasteiger partial charge in [-0.15, -0.1) is 0 Å². The average molecular weight is 547 g/mol. The summed E-state index contributed by atoms with van der Waals surface area (Å²) in [4.78, 5) is 26.4. The number of carbonyl (C=O) groups excluding carboxylic acids is 1. The van der Waals surface area contributed by atoms with Crippen molar-refractivity contribution in [1.82, 2.24) is 9.88 Å². The molecule has 166 valence electrons. The number of nitrogens with two attached hydrogens (primary N) is 1. The minimum Gasteiger partial charge on any atom is -0.399 e. The van der Waals surface area contributed by atoms with Gasteiger partial charge < -0.3 is 21.7 Å². The van der Waals surface area contributed by atoms with E-state index in [1.165, 1.54) is 10.6 Å². The molecule has 0 spiro atoms. The van der Waals surface area contributed by atoms with E-state index in [1.54, 1.807) is 50.4 Å². The second-order valence-electron chi connectivity index (χ2n) is 7.84. The number of nitrogens with zero attached hydrogens (tertiary/aromatic N) is 1. The smallest absolute Gasteiger partial charge is 0.257 e. The molecule has 9 heteroatoms. The molecule has 0 radical (unpaired) electrons. The lowest BCUT2D eigenvalue weighted by atomic mass is 10.1. The van der Waals surface area contributed by atoms with Crippen molar-refractivity contribution >= 4 is 57.1 Å². The van der Waals surface area contributed by atoms with E-state index in [1.807, 2.05) is 22.6 Å². The molecule has 0 bridgehead atoms. The normalized spacial score (nSPS) is 13.0. The van der Waals surface area contributed by atoms with Crippen LogP contribution in [0, 0.1) is 16.3 Å². The molecule has 1 amide bonds. The summed E-state index contributed by atoms with van der Waals surface area (Å²) in [5.74, 6) is -0.625. The minimum atomic E-state index is -0.483. The van der Waals surface area contributed by atoms with Gasteiger partial charge >= 0.3 is 0 Å². The third kappa shape index (κ3) is 4.57. The van der Waals surface area contributed by atoms with Gasteiger partial charge in [0.2, 0.25) is 0 Å². The Morgan fingerprint density at radius 1 is 1.19 bits per heavy atom. The number of aromatic nitrogens is 1. The number of hydrogen-bond acceptors (Lipinski definition) is 5. The molecule has 1 heterocycles. The van der Waals surface area contributed by atoms with E-state index < -0.39 is 5.82 Å². The van der Waals surface area contributed by atoms with Gasteiger partial charge in [-0.2, -0.15) is 0 Å². The van der Waals surface area contributed by atoms with Crippen molar-refractivity contribution in [3.63, 3.8) is 0 Å². The van der Waals surface area contributed by atoms with E-state index in [9.17, 15) is 14.0 Å². The SMILES string of the molecule is Cc1c(Nc2cccc(N)c2)c(C(=O)NC2CC2)c(Nc2ccc(I)cc2F)n(C)c1=O. The molecule has 1 aromatic heterocycles. The topological polar surface area (TPSA) is 101 Å². The second kappa shape index (κ2) is 8.81. The van der Waals surface area contributed by atoms with Crippen LogP contribution < -0.4 is 27.2 Å². The maximum Gasteiger partial charge on any atom is 0.257 e. The fraction of sp³-hybridized carbons (Fsp3) is 0.217. The minimum absolute atomic E-state index is 0.100. The summed E-state index contributed by atoms with van der Waals surface area (Å²) >= 11 is 2.02. The Hall–Kier alpha value is -3.08. The zero-order valence-corrected chi connectivity index (χ0v) is 19.8. The summed E-state index contributed by atoms with van der Waals surface area (Å²) in [6.07, 6.45) is 1.81. The number of carbonyl (C=O) groups is 1. The summed E-state index contributed by atoms with van der Waals surface area (Å²) in [7, 11) is 1.56. The average Bonchev–Trinajstić information content (AvgIpc) is 3.55. The molecule has 0 unspecified atom stereocenters. The standard InChI is InChI=1S/C23H23FIN5O2/c1-12-20(27-16-5-3-4-14(26)11-16)19(22(31)28-15-7-8-15)21(30(2)23(12)32)29-18-9-6-13(25)10-17(18)24/h3-6,9-11,15,27,29H,7-8,26H2,1-2H3,(H,28,31). The van der Waals surface area contributed by atoms with E-state index >= 15 is 0 Å². The zero-order valence-electron chi connectivity index (χ0n) is 17.6. The van der Waals surface area contributed by atoms with Gasteiger partial charge in [-0.1, -0.05) is 6.07 Å². The zero-order chi connectivity index (χ0) is 23.0. The number of pyridine rings is 1. The highest BCUT2D eigenvalue weighted by molar-refractivity contribution is 14.1. The fourth-order valence-corrected chi connectivity index (χ4v) is 3.87. The molecule has 0 aliphatic heterocycles. The predicted octanol–water partition coefficient (Wildman–Crippen LogP) is 4.40. The predicted molar refractivity (Wildman–Crippen MR) is 133 cm³/mol. The molecule has 32 heavy (non-hydrogen) atoms. The largest absolute Gasteiger partial charge is 0.399 e. The Bertz CT molecular complexity index is 1270. The Morgan fingerprint density at radius 3 is 2.59 bits per heavy atom. The summed E-state index contributed by atoms with van der Waals surface area (Å²) in [5, 5.41) is 9.14. The van der Waals surface area contributed by atoms with Crippen LogP contribution in [0.25, 0.3) is 0 Å². The highest BCUT2D eigenvalue weighted by atomic mass is 127. The lowest BCUT2D eigenvalue weighted by Crippen LogP contribution is -2.32. The van der Waals surface area contributed by atoms with E-state index in [0.29, 0.717) is 22.6 Å². The van der Waals surface area contributed by atoms with Crippen LogP contribution in [0.1, 0.15) is 28.8 Å². The van der Waals surface area contributed by atoms with Crippen LogP contribution in [-0.4, -0.2) is 16.5 Å². The van der Waals surface area contributed by atoms with Gasteiger partial charge in [0.05, 0.1) is 11.4 Å². The van der Waals surface area contributed by atoms with Gasteiger partial charge in [0.25, 0.3) is 11.5 Å². The number of benzene rings is 2. The van der Waals surface area contributed by atoms with Gasteiger partial charge in [-0.05, 0) is 78.8 Å². The van der Waals surface area contributed by atoms with Gasteiger partial charge in [-0.3, -0.25) is 14.2 Å². The maximum absolute atomic E-state index is 14.6. The number of amides is 1. The van der Waals surface area contributed by atoms with E-state index in [-0.39, 0.29) is 34.6 Å². The van der Waals surface area contributed by atoms with Crippen LogP contribution in [0.4, 0.5) is 33.0 Å². The molecular weight excluding hydrogens is 524 g/mol. The van der Waals surface area contributed by atoms with Crippen molar-refractivity contribution in [1.29, 1.82) is 0 Å². The third-order valence-corrected chi connectivity index (χ3v) is 5.97. The number of rotatable bonds is 6. The van der Waals surface area contributed by atoms with Crippen LogP contribution in [0.15, 0.2) is 47.3 Å². The molecular formula is C23H23FIN5O2. The van der Waals surface area contributed by atoms with Crippen LogP contribution in [0.5, 0.6) is 0 Å². The van der Waals surface area contributed by atoms with Gasteiger partial charge in [-0.25, -0.2) is 4.39 Å².